The van der Waals surface area contributed by atoms with E-state index in [1.54, 1.807) is 25.3 Å². The minimum atomic E-state index is -0.874. The van der Waals surface area contributed by atoms with Crippen LogP contribution in [0.3, 0.4) is 0 Å². The molecule has 5 rings (SSSR count). The Morgan fingerprint density at radius 2 is 2.07 bits per heavy atom. The minimum Gasteiger partial charge on any atom is -0.453 e. The van der Waals surface area contributed by atoms with Gasteiger partial charge in [0.1, 0.15) is 0 Å². The molecule has 27 heavy (non-hydrogen) atoms. The summed E-state index contributed by atoms with van der Waals surface area (Å²) < 4.78 is 5.67. The van der Waals surface area contributed by atoms with Crippen LogP contribution in [-0.4, -0.2) is 27.3 Å². The Morgan fingerprint density at radius 1 is 1.37 bits per heavy atom. The van der Waals surface area contributed by atoms with Gasteiger partial charge in [0, 0.05) is 10.5 Å². The van der Waals surface area contributed by atoms with Gasteiger partial charge in [-0.15, -0.1) is 0 Å². The molecule has 3 unspecified atom stereocenters. The molecule has 4 aliphatic carbocycles. The van der Waals surface area contributed by atoms with E-state index in [0.29, 0.717) is 23.9 Å². The van der Waals surface area contributed by atoms with Crippen molar-refractivity contribution in [2.75, 3.05) is 5.32 Å². The van der Waals surface area contributed by atoms with Crippen molar-refractivity contribution in [2.24, 2.45) is 17.3 Å². The monoisotopic (exact) mass is 454 g/mol. The Labute approximate surface area is 172 Å². The molecule has 1 aromatic heterocycles. The van der Waals surface area contributed by atoms with E-state index in [0.717, 1.165) is 19.3 Å². The molecule has 0 aromatic carbocycles. The molecule has 4 saturated carbocycles. The number of halogens is 2. The molecular weight excluding hydrogens is 432 g/mol. The summed E-state index contributed by atoms with van der Waals surface area (Å²) in [5, 5.41) is 2.87. The standard InChI is InChI=1S/C20H24BrClN2O3/c1-12(18(26)24-15-3-2-4-23-17(15)22)27-16(25)10-19-6-13-5-14(7-19)9-20(21,8-13)11-19/h2-4,12-14H,5-11H2,1H3,(H,24,26). The third-order valence-electron chi connectivity index (χ3n) is 6.32. The molecule has 146 valence electrons. The highest BCUT2D eigenvalue weighted by Gasteiger charge is 2.57. The second-order valence-electron chi connectivity index (χ2n) is 8.75. The van der Waals surface area contributed by atoms with E-state index in [2.05, 4.69) is 26.2 Å². The lowest BCUT2D eigenvalue weighted by molar-refractivity contribution is -0.159. The molecule has 0 aliphatic heterocycles. The first kappa shape index (κ1) is 19.2. The van der Waals surface area contributed by atoms with Crippen molar-refractivity contribution in [1.82, 2.24) is 4.98 Å². The fourth-order valence-electron chi connectivity index (χ4n) is 5.85. The number of amides is 1. The quantitative estimate of drug-likeness (QED) is 0.396. The SMILES string of the molecule is CC(OC(=O)CC12CC3CC(CC(Br)(C3)C1)C2)C(=O)Nc1cccnc1Cl. The molecule has 0 saturated heterocycles. The van der Waals surface area contributed by atoms with Crippen LogP contribution in [0.2, 0.25) is 5.15 Å². The Kier molecular flexibility index (Phi) is 5.00. The van der Waals surface area contributed by atoms with Crippen LogP contribution in [0.1, 0.15) is 51.9 Å². The molecule has 4 bridgehead atoms. The van der Waals surface area contributed by atoms with E-state index in [1.807, 2.05) is 0 Å². The minimum absolute atomic E-state index is 0.0352. The van der Waals surface area contributed by atoms with Crippen molar-refractivity contribution in [1.29, 1.82) is 0 Å². The molecule has 7 heteroatoms. The predicted molar refractivity (Wildman–Crippen MR) is 107 cm³/mol. The lowest BCUT2D eigenvalue weighted by Crippen LogP contribution is -2.53. The van der Waals surface area contributed by atoms with E-state index >= 15 is 0 Å². The first-order chi connectivity index (χ1) is 12.8. The maximum Gasteiger partial charge on any atom is 0.307 e. The second-order valence-corrected chi connectivity index (χ2v) is 10.8. The highest BCUT2D eigenvalue weighted by Crippen LogP contribution is 2.65. The Bertz CT molecular complexity index is 757. The zero-order valence-electron chi connectivity index (χ0n) is 15.3. The lowest BCUT2D eigenvalue weighted by Gasteiger charge is -2.60. The van der Waals surface area contributed by atoms with Crippen LogP contribution < -0.4 is 5.32 Å². The second kappa shape index (κ2) is 7.03. The molecule has 0 radical (unpaired) electrons. The van der Waals surface area contributed by atoms with Crippen molar-refractivity contribution < 1.29 is 14.3 Å². The number of pyridine rings is 1. The third kappa shape index (κ3) is 4.02. The fraction of sp³-hybridized carbons (Fsp3) is 0.650. The van der Waals surface area contributed by atoms with Crippen LogP contribution >= 0.6 is 27.5 Å². The van der Waals surface area contributed by atoms with Gasteiger partial charge in [0.15, 0.2) is 11.3 Å². The largest absolute Gasteiger partial charge is 0.453 e. The van der Waals surface area contributed by atoms with Gasteiger partial charge in [-0.1, -0.05) is 27.5 Å². The highest BCUT2D eigenvalue weighted by molar-refractivity contribution is 9.10. The number of carbonyl (C=O) groups is 2. The first-order valence-electron chi connectivity index (χ1n) is 9.56. The topological polar surface area (TPSA) is 68.3 Å². The van der Waals surface area contributed by atoms with E-state index in [9.17, 15) is 9.59 Å². The number of anilines is 1. The number of hydrogen-bond acceptors (Lipinski definition) is 4. The van der Waals surface area contributed by atoms with E-state index < -0.39 is 12.0 Å². The molecule has 1 aromatic rings. The number of nitrogens with one attached hydrogen (secondary N) is 1. The number of carbonyl (C=O) groups excluding carboxylic acids is 2. The third-order valence-corrected chi connectivity index (χ3v) is 7.55. The smallest absolute Gasteiger partial charge is 0.307 e. The van der Waals surface area contributed by atoms with Crippen LogP contribution in [0, 0.1) is 17.3 Å². The number of aromatic nitrogens is 1. The zero-order valence-corrected chi connectivity index (χ0v) is 17.7. The molecule has 1 N–H and O–H groups in total. The number of alkyl halides is 1. The summed E-state index contributed by atoms with van der Waals surface area (Å²) in [6.45, 7) is 1.59. The maximum atomic E-state index is 12.6. The summed E-state index contributed by atoms with van der Waals surface area (Å²) in [7, 11) is 0. The van der Waals surface area contributed by atoms with Crippen molar-refractivity contribution in [3.05, 3.63) is 23.5 Å². The first-order valence-corrected chi connectivity index (χ1v) is 10.7. The normalized spacial score (nSPS) is 34.9. The van der Waals surface area contributed by atoms with Gasteiger partial charge in [0.05, 0.1) is 12.1 Å². The van der Waals surface area contributed by atoms with Crippen LogP contribution in [-0.2, 0) is 14.3 Å². The van der Waals surface area contributed by atoms with Crippen molar-refractivity contribution in [3.63, 3.8) is 0 Å². The van der Waals surface area contributed by atoms with Crippen LogP contribution in [0.15, 0.2) is 18.3 Å². The Morgan fingerprint density at radius 3 is 2.70 bits per heavy atom. The van der Waals surface area contributed by atoms with Crippen molar-refractivity contribution in [3.8, 4) is 0 Å². The van der Waals surface area contributed by atoms with Gasteiger partial charge in [-0.05, 0) is 74.8 Å². The van der Waals surface area contributed by atoms with Crippen molar-refractivity contribution in [2.45, 2.75) is 62.3 Å². The molecule has 3 atom stereocenters. The summed E-state index contributed by atoms with van der Waals surface area (Å²) in [5.74, 6) is 0.743. The predicted octanol–water partition coefficient (Wildman–Crippen LogP) is 4.73. The van der Waals surface area contributed by atoms with Crippen LogP contribution in [0.5, 0.6) is 0 Å². The number of hydrogen-bond donors (Lipinski definition) is 1. The fourth-order valence-corrected chi connectivity index (χ4v) is 7.53. The van der Waals surface area contributed by atoms with Gasteiger partial charge in [0.2, 0.25) is 0 Å². The van der Waals surface area contributed by atoms with Gasteiger partial charge < -0.3 is 10.1 Å². The van der Waals surface area contributed by atoms with Gasteiger partial charge in [-0.2, -0.15) is 0 Å². The average Bonchev–Trinajstić information content (AvgIpc) is 2.53. The summed E-state index contributed by atoms with van der Waals surface area (Å²) in [4.78, 5) is 28.9. The van der Waals surface area contributed by atoms with Gasteiger partial charge >= 0.3 is 5.97 Å². The molecule has 4 fully saturated rings. The zero-order chi connectivity index (χ0) is 19.2. The Hall–Kier alpha value is -1.14. The summed E-state index contributed by atoms with van der Waals surface area (Å²) in [6, 6.07) is 3.34. The Balaban J connectivity index is 1.35. The summed E-state index contributed by atoms with van der Waals surface area (Å²) >= 11 is 9.92. The molecule has 5 nitrogen and oxygen atoms in total. The number of rotatable bonds is 5. The van der Waals surface area contributed by atoms with E-state index in [4.69, 9.17) is 16.3 Å². The van der Waals surface area contributed by atoms with Gasteiger partial charge in [0.25, 0.3) is 5.91 Å². The van der Waals surface area contributed by atoms with Gasteiger partial charge in [-0.3, -0.25) is 9.59 Å². The van der Waals surface area contributed by atoms with Crippen molar-refractivity contribution >= 4 is 45.1 Å². The summed E-state index contributed by atoms with van der Waals surface area (Å²) in [6.07, 6.45) is 8.08. The van der Waals surface area contributed by atoms with Crippen LogP contribution in [0.4, 0.5) is 5.69 Å². The number of esters is 1. The average molecular weight is 456 g/mol. The molecule has 1 amide bonds. The molecule has 4 aliphatic rings. The highest BCUT2D eigenvalue weighted by atomic mass is 79.9. The van der Waals surface area contributed by atoms with Crippen LogP contribution in [0.25, 0.3) is 0 Å². The number of ether oxygens (including phenoxy) is 1. The lowest BCUT2D eigenvalue weighted by atomic mass is 9.49. The molecule has 1 heterocycles. The number of nitrogens with zero attached hydrogens (tertiary/aromatic N) is 1. The van der Waals surface area contributed by atoms with E-state index in [-0.39, 0.29) is 20.9 Å². The van der Waals surface area contributed by atoms with Gasteiger partial charge in [-0.25, -0.2) is 4.98 Å². The van der Waals surface area contributed by atoms with E-state index in [1.165, 1.54) is 19.3 Å². The molecular formula is C20H24BrClN2O3. The molecule has 0 spiro atoms. The maximum absolute atomic E-state index is 12.6. The summed E-state index contributed by atoms with van der Waals surface area (Å²) in [5.41, 5.74) is 0.447.